The van der Waals surface area contributed by atoms with Crippen molar-refractivity contribution in [1.29, 1.82) is 0 Å². The monoisotopic (exact) mass is 829 g/mol. The second kappa shape index (κ2) is 13.9. The summed E-state index contributed by atoms with van der Waals surface area (Å²) < 4.78 is 9.69. The quantitative estimate of drug-likeness (QED) is 0.178. The molecule has 0 fully saturated rings. The topological polar surface area (TPSA) is 31.8 Å². The van der Waals surface area contributed by atoms with Gasteiger partial charge in [-0.3, -0.25) is 0 Å². The number of nitrogens with zero attached hydrogens (tertiary/aromatic N) is 4. The van der Waals surface area contributed by atoms with E-state index in [9.17, 15) is 0 Å². The minimum atomic E-state index is 0.980. The van der Waals surface area contributed by atoms with Crippen LogP contribution in [0, 0.1) is 0 Å². The molecule has 0 aliphatic rings. The van der Waals surface area contributed by atoms with Crippen LogP contribution in [-0.4, -0.2) is 18.3 Å². The van der Waals surface area contributed by atoms with E-state index in [-0.39, 0.29) is 0 Å². The second-order valence-electron chi connectivity index (χ2n) is 17.1. The van der Waals surface area contributed by atoms with Crippen LogP contribution in [0.5, 0.6) is 0 Å². The van der Waals surface area contributed by atoms with Gasteiger partial charge in [0.1, 0.15) is 0 Å². The highest BCUT2D eigenvalue weighted by Gasteiger charge is 2.20. The molecule has 0 aliphatic heterocycles. The van der Waals surface area contributed by atoms with Crippen LogP contribution >= 0.6 is 0 Å². The Morgan fingerprint density at radius 1 is 0.200 bits per heavy atom. The van der Waals surface area contributed by atoms with Gasteiger partial charge in [0, 0.05) is 54.5 Å². The minimum Gasteiger partial charge on any atom is -0.355 e. The van der Waals surface area contributed by atoms with Gasteiger partial charge in [-0.1, -0.05) is 146 Å². The molecule has 14 rings (SSSR count). The van der Waals surface area contributed by atoms with E-state index in [2.05, 4.69) is 254 Å². The normalized spacial score (nSPS) is 12.0. The molecule has 1 N–H and O–H groups in total. The van der Waals surface area contributed by atoms with E-state index < -0.39 is 0 Å². The van der Waals surface area contributed by atoms with E-state index in [1.807, 2.05) is 0 Å². The highest BCUT2D eigenvalue weighted by atomic mass is 15.0. The number of hydrogen-bond donors (Lipinski definition) is 1. The molecule has 5 heteroatoms. The zero-order valence-corrected chi connectivity index (χ0v) is 35.2. The van der Waals surface area contributed by atoms with Crippen molar-refractivity contribution in [3.05, 3.63) is 231 Å². The van der Waals surface area contributed by atoms with Gasteiger partial charge >= 0.3 is 0 Å². The SMILES string of the molecule is c1ccc2c(c1)c1ccccc1n2-c1cc(Nc2cc(-n3c4ccccc4c4ccccc43)cc(-n3c4ccccc4c4ccccc43)c2)cc(-n2c3ccccc3c3ccccc32)c1. The summed E-state index contributed by atoms with van der Waals surface area (Å²) in [5, 5.41) is 13.9. The van der Waals surface area contributed by atoms with Gasteiger partial charge in [0.15, 0.2) is 0 Å². The summed E-state index contributed by atoms with van der Waals surface area (Å²) in [7, 11) is 0. The molecule has 0 saturated carbocycles. The fourth-order valence-electron chi connectivity index (χ4n) is 10.8. The smallest absolute Gasteiger partial charge is 0.0541 e. The van der Waals surface area contributed by atoms with Gasteiger partial charge in [-0.25, -0.2) is 0 Å². The van der Waals surface area contributed by atoms with Crippen LogP contribution in [-0.2, 0) is 0 Å². The van der Waals surface area contributed by atoms with Gasteiger partial charge in [0.05, 0.1) is 66.9 Å². The molecule has 0 radical (unpaired) electrons. The Morgan fingerprint density at radius 3 is 0.554 bits per heavy atom. The Bertz CT molecular complexity index is 3480. The van der Waals surface area contributed by atoms with Gasteiger partial charge in [-0.2, -0.15) is 0 Å². The molecule has 0 bridgehead atoms. The van der Waals surface area contributed by atoms with E-state index in [1.54, 1.807) is 0 Å². The van der Waals surface area contributed by atoms with Gasteiger partial charge in [0.2, 0.25) is 0 Å². The molecule has 0 atom stereocenters. The number of fused-ring (bicyclic) bond motifs is 12. The molecule has 0 spiro atoms. The standard InChI is InChI=1S/C60H39N5/c1-9-25-53-45(17-1)46-18-2-10-26-54(46)62(53)41-33-39(34-42(37-41)63-55-27-11-3-19-47(55)48-20-4-12-28-56(48)63)61-40-35-43(64-57-29-13-5-21-49(57)50-22-6-14-30-58(50)64)38-44(36-40)65-59-31-15-7-23-51(59)52-24-8-16-32-60(52)65/h1-38,61H. The van der Waals surface area contributed by atoms with Crippen LogP contribution < -0.4 is 5.32 Å². The molecule has 0 unspecified atom stereocenters. The summed E-state index contributed by atoms with van der Waals surface area (Å²) in [6.45, 7) is 0. The summed E-state index contributed by atoms with van der Waals surface area (Å²) in [5.41, 5.74) is 15.6. The van der Waals surface area contributed by atoms with E-state index in [1.165, 1.54) is 87.2 Å². The van der Waals surface area contributed by atoms with Gasteiger partial charge in [0.25, 0.3) is 0 Å². The largest absolute Gasteiger partial charge is 0.355 e. The Balaban J connectivity index is 1.05. The third-order valence-electron chi connectivity index (χ3n) is 13.4. The minimum absolute atomic E-state index is 0.980. The molecule has 10 aromatic carbocycles. The molecule has 304 valence electrons. The summed E-state index contributed by atoms with van der Waals surface area (Å²) in [6.07, 6.45) is 0. The van der Waals surface area contributed by atoms with E-state index >= 15 is 0 Å². The summed E-state index contributed by atoms with van der Waals surface area (Å²) in [6, 6.07) is 84.0. The van der Waals surface area contributed by atoms with E-state index in [4.69, 9.17) is 0 Å². The van der Waals surface area contributed by atoms with Crippen molar-refractivity contribution in [3.63, 3.8) is 0 Å². The molecule has 4 aromatic heterocycles. The summed E-state index contributed by atoms with van der Waals surface area (Å²) >= 11 is 0. The lowest BCUT2D eigenvalue weighted by Gasteiger charge is -2.19. The second-order valence-corrected chi connectivity index (χ2v) is 17.1. The van der Waals surface area contributed by atoms with E-state index in [0.717, 1.165) is 34.1 Å². The molecule has 0 saturated heterocycles. The molecule has 4 heterocycles. The van der Waals surface area contributed by atoms with Crippen molar-refractivity contribution in [2.45, 2.75) is 0 Å². The Labute approximate surface area is 373 Å². The van der Waals surface area contributed by atoms with Crippen LogP contribution in [0.4, 0.5) is 11.4 Å². The Kier molecular flexibility index (Phi) is 7.62. The molecule has 0 amide bonds. The number of hydrogen-bond acceptors (Lipinski definition) is 1. The molecule has 0 aliphatic carbocycles. The Morgan fingerprint density at radius 2 is 0.369 bits per heavy atom. The average Bonchev–Trinajstić information content (AvgIpc) is 4.09. The van der Waals surface area contributed by atoms with Crippen LogP contribution in [0.2, 0.25) is 0 Å². The lowest BCUT2D eigenvalue weighted by Crippen LogP contribution is -2.03. The third-order valence-corrected chi connectivity index (χ3v) is 13.4. The van der Waals surface area contributed by atoms with Gasteiger partial charge in [-0.05, 0) is 84.9 Å². The first kappa shape index (κ1) is 35.8. The lowest BCUT2D eigenvalue weighted by molar-refractivity contribution is 1.13. The van der Waals surface area contributed by atoms with Crippen molar-refractivity contribution in [1.82, 2.24) is 18.3 Å². The van der Waals surface area contributed by atoms with Gasteiger partial charge in [-0.15, -0.1) is 0 Å². The van der Waals surface area contributed by atoms with Crippen molar-refractivity contribution >= 4 is 98.6 Å². The number of rotatable bonds is 6. The van der Waals surface area contributed by atoms with Crippen molar-refractivity contribution in [2.24, 2.45) is 0 Å². The molecular formula is C60H39N5. The number of nitrogens with one attached hydrogen (secondary N) is 1. The Hall–Kier alpha value is -8.80. The van der Waals surface area contributed by atoms with Crippen molar-refractivity contribution < 1.29 is 0 Å². The maximum atomic E-state index is 4.04. The number of anilines is 2. The first-order valence-electron chi connectivity index (χ1n) is 22.3. The van der Waals surface area contributed by atoms with Crippen LogP contribution in [0.15, 0.2) is 231 Å². The lowest BCUT2D eigenvalue weighted by atomic mass is 10.1. The van der Waals surface area contributed by atoms with Crippen molar-refractivity contribution in [3.8, 4) is 22.7 Å². The average molecular weight is 830 g/mol. The highest BCUT2D eigenvalue weighted by molar-refractivity contribution is 6.12. The maximum Gasteiger partial charge on any atom is 0.0541 e. The predicted octanol–water partition coefficient (Wildman–Crippen LogP) is 15.8. The predicted molar refractivity (Wildman–Crippen MR) is 274 cm³/mol. The van der Waals surface area contributed by atoms with Crippen molar-refractivity contribution in [2.75, 3.05) is 5.32 Å². The zero-order valence-electron chi connectivity index (χ0n) is 35.2. The van der Waals surface area contributed by atoms with Crippen LogP contribution in [0.3, 0.4) is 0 Å². The highest BCUT2D eigenvalue weighted by Crippen LogP contribution is 2.40. The zero-order chi connectivity index (χ0) is 42.6. The number of aromatic nitrogens is 4. The number of benzene rings is 10. The fraction of sp³-hybridized carbons (Fsp3) is 0. The molecule has 65 heavy (non-hydrogen) atoms. The first-order chi connectivity index (χ1) is 32.2. The molecular weight excluding hydrogens is 791 g/mol. The van der Waals surface area contributed by atoms with Crippen LogP contribution in [0.1, 0.15) is 0 Å². The summed E-state index contributed by atoms with van der Waals surface area (Å²) in [4.78, 5) is 0. The third kappa shape index (κ3) is 5.33. The van der Waals surface area contributed by atoms with E-state index in [0.29, 0.717) is 0 Å². The number of para-hydroxylation sites is 8. The maximum absolute atomic E-state index is 4.04. The summed E-state index contributed by atoms with van der Waals surface area (Å²) in [5.74, 6) is 0. The molecule has 5 nitrogen and oxygen atoms in total. The molecule has 14 aromatic rings. The fourth-order valence-corrected chi connectivity index (χ4v) is 10.8. The van der Waals surface area contributed by atoms with Crippen LogP contribution in [0.25, 0.3) is 110 Å². The first-order valence-corrected chi connectivity index (χ1v) is 22.3. The van der Waals surface area contributed by atoms with Gasteiger partial charge < -0.3 is 23.6 Å².